The Morgan fingerprint density at radius 2 is 1.42 bits per heavy atom. The summed E-state index contributed by atoms with van der Waals surface area (Å²) in [5.41, 5.74) is 6.98. The van der Waals surface area contributed by atoms with E-state index in [4.69, 9.17) is 23.2 Å². The molecule has 0 radical (unpaired) electrons. The lowest BCUT2D eigenvalue weighted by atomic mass is 9.93. The Hall–Kier alpha value is -0.980. The highest BCUT2D eigenvalue weighted by Gasteiger charge is 2.18. The van der Waals surface area contributed by atoms with Crippen molar-refractivity contribution in [1.82, 2.24) is 0 Å². The molecule has 2 rings (SSSR count). The molecule has 0 heterocycles. The van der Waals surface area contributed by atoms with E-state index in [1.807, 2.05) is 19.1 Å². The third-order valence-electron chi connectivity index (χ3n) is 3.42. The number of aryl methyl sites for hydroxylation is 4. The van der Waals surface area contributed by atoms with E-state index in [0.29, 0.717) is 0 Å². The quantitative estimate of drug-likeness (QED) is 0.604. The van der Waals surface area contributed by atoms with Crippen LogP contribution in [0.3, 0.4) is 0 Å². The Balaban J connectivity index is 2.53. The lowest BCUT2D eigenvalue weighted by molar-refractivity contribution is 1.07. The van der Waals surface area contributed by atoms with Gasteiger partial charge in [-0.15, -0.1) is 11.6 Å². The number of hydrogen-bond donors (Lipinski definition) is 0. The van der Waals surface area contributed by atoms with Gasteiger partial charge in [-0.25, -0.2) is 0 Å². The molecule has 1 atom stereocenters. The minimum absolute atomic E-state index is 0.200. The Kier molecular flexibility index (Phi) is 4.23. The van der Waals surface area contributed by atoms with E-state index in [-0.39, 0.29) is 5.38 Å². The molecule has 2 aromatic carbocycles. The van der Waals surface area contributed by atoms with E-state index >= 15 is 0 Å². The van der Waals surface area contributed by atoms with E-state index in [1.54, 1.807) is 0 Å². The normalized spacial score (nSPS) is 12.5. The lowest BCUT2D eigenvalue weighted by Gasteiger charge is -2.18. The molecule has 0 aliphatic carbocycles. The molecule has 2 heteroatoms. The lowest BCUT2D eigenvalue weighted by Crippen LogP contribution is -2.01. The van der Waals surface area contributed by atoms with Gasteiger partial charge < -0.3 is 0 Å². The third-order valence-corrected chi connectivity index (χ3v) is 4.20. The van der Waals surface area contributed by atoms with E-state index < -0.39 is 0 Å². The second-order valence-electron chi connectivity index (χ2n) is 5.20. The van der Waals surface area contributed by atoms with Gasteiger partial charge >= 0.3 is 0 Å². The monoisotopic (exact) mass is 292 g/mol. The fourth-order valence-electron chi connectivity index (χ4n) is 2.58. The molecule has 19 heavy (non-hydrogen) atoms. The van der Waals surface area contributed by atoms with Crippen LogP contribution in [-0.4, -0.2) is 0 Å². The van der Waals surface area contributed by atoms with Gasteiger partial charge in [0.2, 0.25) is 0 Å². The van der Waals surface area contributed by atoms with Crippen LogP contribution in [0.5, 0.6) is 0 Å². The van der Waals surface area contributed by atoms with Crippen molar-refractivity contribution in [2.75, 3.05) is 0 Å². The zero-order chi connectivity index (χ0) is 14.2. The van der Waals surface area contributed by atoms with E-state index in [2.05, 4.69) is 39.0 Å². The van der Waals surface area contributed by atoms with Crippen LogP contribution in [0.15, 0.2) is 30.3 Å². The minimum atomic E-state index is -0.200. The van der Waals surface area contributed by atoms with Crippen molar-refractivity contribution in [1.29, 1.82) is 0 Å². The predicted octanol–water partition coefficient (Wildman–Crippen LogP) is 5.90. The van der Waals surface area contributed by atoms with Gasteiger partial charge in [-0.2, -0.15) is 0 Å². The van der Waals surface area contributed by atoms with Crippen LogP contribution < -0.4 is 0 Å². The number of hydrogen-bond acceptors (Lipinski definition) is 0. The van der Waals surface area contributed by atoms with Gasteiger partial charge in [-0.05, 0) is 61.6 Å². The summed E-state index contributed by atoms with van der Waals surface area (Å²) < 4.78 is 0. The Morgan fingerprint density at radius 3 is 1.95 bits per heavy atom. The topological polar surface area (TPSA) is 0 Å². The maximum absolute atomic E-state index is 6.67. The van der Waals surface area contributed by atoms with Gasteiger partial charge in [0, 0.05) is 5.02 Å². The average Bonchev–Trinajstić information content (AvgIpc) is 2.26. The summed E-state index contributed by atoms with van der Waals surface area (Å²) >= 11 is 13.0. The molecule has 100 valence electrons. The molecule has 1 unspecified atom stereocenters. The van der Waals surface area contributed by atoms with Crippen LogP contribution in [0.4, 0.5) is 0 Å². The molecule has 0 saturated carbocycles. The van der Waals surface area contributed by atoms with Gasteiger partial charge in [-0.3, -0.25) is 0 Å². The van der Waals surface area contributed by atoms with Crippen LogP contribution in [0.2, 0.25) is 5.02 Å². The van der Waals surface area contributed by atoms with Gasteiger partial charge in [0.25, 0.3) is 0 Å². The average molecular weight is 293 g/mol. The van der Waals surface area contributed by atoms with Crippen molar-refractivity contribution >= 4 is 23.2 Å². The maximum atomic E-state index is 6.67. The fourth-order valence-corrected chi connectivity index (χ4v) is 3.52. The number of rotatable bonds is 2. The van der Waals surface area contributed by atoms with Crippen LogP contribution in [-0.2, 0) is 0 Å². The molecular formula is C17H18Cl2. The summed E-state index contributed by atoms with van der Waals surface area (Å²) in [6, 6.07) is 10.4. The van der Waals surface area contributed by atoms with Crippen LogP contribution in [0.25, 0.3) is 0 Å². The zero-order valence-corrected chi connectivity index (χ0v) is 13.2. The highest BCUT2D eigenvalue weighted by molar-refractivity contribution is 6.33. The molecule has 0 fully saturated rings. The van der Waals surface area contributed by atoms with Crippen molar-refractivity contribution in [2.45, 2.75) is 33.1 Å². The Bertz CT molecular complexity index is 592. The molecule has 0 saturated heterocycles. The first kappa shape index (κ1) is 14.4. The molecule has 0 spiro atoms. The molecule has 0 bridgehead atoms. The molecule has 0 nitrogen and oxygen atoms in total. The summed E-state index contributed by atoms with van der Waals surface area (Å²) in [6.07, 6.45) is 0. The van der Waals surface area contributed by atoms with Gasteiger partial charge in [0.05, 0.1) is 5.38 Å². The van der Waals surface area contributed by atoms with Crippen LogP contribution in [0.1, 0.15) is 38.8 Å². The predicted molar refractivity (Wildman–Crippen MR) is 84.5 cm³/mol. The summed E-state index contributed by atoms with van der Waals surface area (Å²) in [5, 5.41) is 0.535. The Morgan fingerprint density at radius 1 is 0.842 bits per heavy atom. The first-order valence-electron chi connectivity index (χ1n) is 6.38. The number of benzene rings is 2. The highest BCUT2D eigenvalue weighted by Crippen LogP contribution is 2.37. The Labute approximate surface area is 125 Å². The number of alkyl halides is 1. The van der Waals surface area contributed by atoms with E-state index in [9.17, 15) is 0 Å². The summed E-state index contributed by atoms with van der Waals surface area (Å²) in [6.45, 7) is 8.34. The van der Waals surface area contributed by atoms with E-state index in [0.717, 1.165) is 21.7 Å². The minimum Gasteiger partial charge on any atom is -0.113 e. The number of halogens is 2. The largest absolute Gasteiger partial charge is 0.113 e. The first-order chi connectivity index (χ1) is 8.90. The summed E-state index contributed by atoms with van der Waals surface area (Å²) in [5.74, 6) is 0. The van der Waals surface area contributed by atoms with Gasteiger partial charge in [0.15, 0.2) is 0 Å². The molecule has 0 aliphatic rings. The van der Waals surface area contributed by atoms with Crippen molar-refractivity contribution < 1.29 is 0 Å². The maximum Gasteiger partial charge on any atom is 0.0854 e. The highest BCUT2D eigenvalue weighted by atomic mass is 35.5. The van der Waals surface area contributed by atoms with Crippen molar-refractivity contribution in [3.63, 3.8) is 0 Å². The summed E-state index contributed by atoms with van der Waals surface area (Å²) in [7, 11) is 0. The molecule has 0 amide bonds. The molecule has 0 aliphatic heterocycles. The molecular weight excluding hydrogens is 275 g/mol. The van der Waals surface area contributed by atoms with Gasteiger partial charge in [0.1, 0.15) is 0 Å². The molecule has 2 aromatic rings. The first-order valence-corrected chi connectivity index (χ1v) is 7.19. The van der Waals surface area contributed by atoms with Crippen molar-refractivity contribution in [3.8, 4) is 0 Å². The van der Waals surface area contributed by atoms with E-state index in [1.165, 1.54) is 16.7 Å². The van der Waals surface area contributed by atoms with Crippen LogP contribution in [0, 0.1) is 27.7 Å². The fraction of sp³-hybridized carbons (Fsp3) is 0.294. The summed E-state index contributed by atoms with van der Waals surface area (Å²) in [4.78, 5) is 0. The van der Waals surface area contributed by atoms with Gasteiger partial charge in [-0.1, -0.05) is 41.4 Å². The standard InChI is InChI=1S/C17H18Cl2/c1-10-5-6-14(15(18)9-10)17(19)16-12(3)7-11(2)8-13(16)4/h5-9,17H,1-4H3. The van der Waals surface area contributed by atoms with Crippen molar-refractivity contribution in [3.05, 3.63) is 68.7 Å². The third kappa shape index (κ3) is 2.96. The second kappa shape index (κ2) is 5.56. The smallest absolute Gasteiger partial charge is 0.0854 e. The SMILES string of the molecule is Cc1cc(C)c(C(Cl)c2ccc(C)cc2Cl)c(C)c1. The second-order valence-corrected chi connectivity index (χ2v) is 6.04. The zero-order valence-electron chi connectivity index (χ0n) is 11.7. The van der Waals surface area contributed by atoms with Crippen LogP contribution >= 0.6 is 23.2 Å². The molecule has 0 N–H and O–H groups in total. The van der Waals surface area contributed by atoms with Crippen molar-refractivity contribution in [2.24, 2.45) is 0 Å². The molecule has 0 aromatic heterocycles.